The summed E-state index contributed by atoms with van der Waals surface area (Å²) >= 11 is 0. The van der Waals surface area contributed by atoms with Crippen molar-refractivity contribution in [3.05, 3.63) is 0 Å². The number of carbonyl (C=O) groups is 1. The molecule has 0 amide bonds. The maximum Gasteiger partial charge on any atom is 0.320 e. The van der Waals surface area contributed by atoms with Crippen LogP contribution in [-0.2, 0) is 9.53 Å². The minimum Gasteiger partial charge on any atom is -0.480 e. The van der Waals surface area contributed by atoms with E-state index < -0.39 is 12.0 Å². The van der Waals surface area contributed by atoms with Gasteiger partial charge in [-0.2, -0.15) is 0 Å². The molecular weight excluding hydrogens is 164 g/mol. The van der Waals surface area contributed by atoms with Gasteiger partial charge in [0.05, 0.1) is 6.61 Å². The van der Waals surface area contributed by atoms with Crippen LogP contribution in [0.15, 0.2) is 0 Å². The van der Waals surface area contributed by atoms with E-state index in [1.807, 2.05) is 5.43 Å². The van der Waals surface area contributed by atoms with Crippen LogP contribution in [0.3, 0.4) is 0 Å². The van der Waals surface area contributed by atoms with Crippen LogP contribution in [0.2, 0.25) is 0 Å². The van der Waals surface area contributed by atoms with Crippen LogP contribution in [0.4, 0.5) is 0 Å². The van der Waals surface area contributed by atoms with Gasteiger partial charge in [0, 0.05) is 6.42 Å². The van der Waals surface area contributed by atoms with Crippen LogP contribution in [0.25, 0.3) is 0 Å². The fourth-order valence-electron chi connectivity index (χ4n) is 0.453. The van der Waals surface area contributed by atoms with Crippen molar-refractivity contribution in [3.63, 3.8) is 0 Å². The summed E-state index contributed by atoms with van der Waals surface area (Å²) in [5, 5.41) is 15.2. The third kappa shape index (κ3) is 4.47. The second kappa shape index (κ2) is 5.33. The number of hydrazine groups is 1. The van der Waals surface area contributed by atoms with E-state index in [0.29, 0.717) is 0 Å². The van der Waals surface area contributed by atoms with Crippen LogP contribution >= 0.6 is 0 Å². The number of hydrogen-bond acceptors (Lipinski definition) is 5. The molecule has 0 spiro atoms. The van der Waals surface area contributed by atoms with Gasteiger partial charge >= 0.3 is 5.97 Å². The highest BCUT2D eigenvalue weighted by atomic mass is 16.5. The highest BCUT2D eigenvalue weighted by molar-refractivity contribution is 5.73. The maximum atomic E-state index is 10.2. The highest BCUT2D eigenvalue weighted by Gasteiger charge is 2.10. The molecule has 0 aliphatic rings. The lowest BCUT2D eigenvalue weighted by Gasteiger charge is -2.07. The normalized spacial score (nSPS) is 11.8. The molecule has 70 valence electrons. The molecule has 7 heteroatoms. The molecule has 0 fully saturated rings. The smallest absolute Gasteiger partial charge is 0.320 e. The molecule has 1 unspecified atom stereocenters. The lowest BCUT2D eigenvalue weighted by molar-refractivity contribution is -0.138. The number of carboxylic acids is 1. The summed E-state index contributed by atoms with van der Waals surface area (Å²) < 4.78 is 4.62. The Morgan fingerprint density at radius 3 is 2.75 bits per heavy atom. The van der Waals surface area contributed by atoms with Gasteiger partial charge < -0.3 is 15.6 Å². The van der Waals surface area contributed by atoms with Gasteiger partial charge in [-0.15, -0.1) is 0 Å². The summed E-state index contributed by atoms with van der Waals surface area (Å²) in [6.45, 7) is 0.0521. The van der Waals surface area contributed by atoms with Crippen LogP contribution < -0.4 is 17.0 Å². The highest BCUT2D eigenvalue weighted by Crippen LogP contribution is 1.88. The van der Waals surface area contributed by atoms with Gasteiger partial charge in [0.15, 0.2) is 0 Å². The molecule has 0 aliphatic carbocycles. The van der Waals surface area contributed by atoms with Crippen molar-refractivity contribution in [2.75, 3.05) is 6.61 Å². The Hall–Kier alpha value is -1.34. The standard InChI is InChI=1S/C5H12N4O3/c6-3(4(10)11)1-2-12-5(7)9-8/h3H,1-2,6,8H2,(H2,7,9)(H,10,11). The second-order valence-corrected chi connectivity index (χ2v) is 2.06. The first-order chi connectivity index (χ1) is 5.57. The van der Waals surface area contributed by atoms with Crippen LogP contribution in [0.1, 0.15) is 6.42 Å². The third-order valence-electron chi connectivity index (χ3n) is 1.12. The van der Waals surface area contributed by atoms with Crippen LogP contribution in [-0.4, -0.2) is 29.7 Å². The van der Waals surface area contributed by atoms with Crippen molar-refractivity contribution in [1.82, 2.24) is 5.43 Å². The molecule has 0 rings (SSSR count). The monoisotopic (exact) mass is 176 g/mol. The molecule has 0 saturated carbocycles. The number of rotatable bonds is 4. The quantitative estimate of drug-likeness (QED) is 0.148. The first-order valence-electron chi connectivity index (χ1n) is 3.24. The van der Waals surface area contributed by atoms with Crippen molar-refractivity contribution >= 4 is 12.0 Å². The number of nitrogens with two attached hydrogens (primary N) is 2. The number of ether oxygens (including phenoxy) is 1. The molecule has 0 radical (unpaired) electrons. The Kier molecular flexibility index (Phi) is 4.73. The average molecular weight is 176 g/mol. The van der Waals surface area contributed by atoms with Gasteiger partial charge in [-0.05, 0) is 0 Å². The second-order valence-electron chi connectivity index (χ2n) is 2.06. The first-order valence-corrected chi connectivity index (χ1v) is 3.24. The molecular formula is C5H12N4O3. The number of carboxylic acid groups (broad SMARTS) is 1. The van der Waals surface area contributed by atoms with E-state index >= 15 is 0 Å². The molecule has 7 N–H and O–H groups in total. The Morgan fingerprint density at radius 1 is 1.75 bits per heavy atom. The number of aliphatic carboxylic acids is 1. The van der Waals surface area contributed by atoms with Crippen molar-refractivity contribution < 1.29 is 14.6 Å². The molecule has 12 heavy (non-hydrogen) atoms. The molecule has 0 bridgehead atoms. The molecule has 1 atom stereocenters. The molecule has 0 aromatic carbocycles. The molecule has 0 heterocycles. The molecule has 0 aromatic heterocycles. The average Bonchev–Trinajstić information content (AvgIpc) is 2.03. The number of hydrogen-bond donors (Lipinski definition) is 5. The predicted octanol–water partition coefficient (Wildman–Crippen LogP) is -1.80. The fraction of sp³-hybridized carbons (Fsp3) is 0.600. The number of nitrogens with one attached hydrogen (secondary N) is 2. The largest absolute Gasteiger partial charge is 0.480 e. The van der Waals surface area contributed by atoms with Gasteiger partial charge in [0.25, 0.3) is 6.02 Å². The van der Waals surface area contributed by atoms with E-state index in [2.05, 4.69) is 4.74 Å². The predicted molar refractivity (Wildman–Crippen MR) is 41.2 cm³/mol. The Morgan fingerprint density at radius 2 is 2.33 bits per heavy atom. The Labute approximate surface area is 69.2 Å². The summed E-state index contributed by atoms with van der Waals surface area (Å²) in [6.07, 6.45) is 0.138. The topological polar surface area (TPSA) is 134 Å². The number of amidine groups is 1. The summed E-state index contributed by atoms with van der Waals surface area (Å²) in [4.78, 5) is 10.2. The minimum absolute atomic E-state index is 0.0521. The van der Waals surface area contributed by atoms with Gasteiger partial charge in [-0.1, -0.05) is 0 Å². The Balaban J connectivity index is 3.43. The summed E-state index contributed by atoms with van der Waals surface area (Å²) in [5.74, 6) is 3.71. The van der Waals surface area contributed by atoms with Crippen molar-refractivity contribution in [2.45, 2.75) is 12.5 Å². The van der Waals surface area contributed by atoms with Gasteiger partial charge in [-0.25, -0.2) is 5.84 Å². The van der Waals surface area contributed by atoms with E-state index in [9.17, 15) is 4.79 Å². The molecule has 0 aromatic rings. The Bertz CT molecular complexity index is 172. The van der Waals surface area contributed by atoms with Crippen molar-refractivity contribution in [2.24, 2.45) is 11.6 Å². The third-order valence-corrected chi connectivity index (χ3v) is 1.12. The zero-order valence-corrected chi connectivity index (χ0v) is 6.41. The van der Waals surface area contributed by atoms with Crippen molar-refractivity contribution in [3.8, 4) is 0 Å². The van der Waals surface area contributed by atoms with E-state index in [1.165, 1.54) is 0 Å². The first kappa shape index (κ1) is 10.7. The maximum absolute atomic E-state index is 10.2. The molecule has 0 aliphatic heterocycles. The van der Waals surface area contributed by atoms with E-state index in [1.54, 1.807) is 0 Å². The minimum atomic E-state index is -1.09. The van der Waals surface area contributed by atoms with Crippen LogP contribution in [0.5, 0.6) is 0 Å². The summed E-state index contributed by atoms with van der Waals surface area (Å²) in [6, 6.07) is -1.27. The van der Waals surface area contributed by atoms with Gasteiger partial charge in [0.2, 0.25) is 0 Å². The van der Waals surface area contributed by atoms with Crippen molar-refractivity contribution in [1.29, 1.82) is 5.41 Å². The molecule has 7 nitrogen and oxygen atoms in total. The van der Waals surface area contributed by atoms with Gasteiger partial charge in [-0.3, -0.25) is 15.6 Å². The van der Waals surface area contributed by atoms with E-state index in [4.69, 9.17) is 22.1 Å². The summed E-state index contributed by atoms with van der Waals surface area (Å²) in [7, 11) is 0. The van der Waals surface area contributed by atoms with Gasteiger partial charge in [0.1, 0.15) is 6.04 Å². The zero-order chi connectivity index (χ0) is 9.56. The fourth-order valence-corrected chi connectivity index (χ4v) is 0.453. The zero-order valence-electron chi connectivity index (χ0n) is 6.41. The molecule has 0 saturated heterocycles. The summed E-state index contributed by atoms with van der Waals surface area (Å²) in [5.41, 5.74) is 7.08. The SMILES string of the molecule is N=C(NN)OCCC(N)C(=O)O. The van der Waals surface area contributed by atoms with E-state index in [0.717, 1.165) is 0 Å². The lowest BCUT2D eigenvalue weighted by atomic mass is 10.2. The van der Waals surface area contributed by atoms with Crippen LogP contribution in [0, 0.1) is 5.41 Å². The lowest BCUT2D eigenvalue weighted by Crippen LogP contribution is -2.35. The van der Waals surface area contributed by atoms with E-state index in [-0.39, 0.29) is 19.0 Å².